The van der Waals surface area contributed by atoms with Gasteiger partial charge in [-0.3, -0.25) is 19.2 Å². The lowest BCUT2D eigenvalue weighted by atomic mass is 9.98. The maximum atomic E-state index is 12.3. The number of carboxylic acid groups (broad SMARTS) is 1. The van der Waals surface area contributed by atoms with Gasteiger partial charge in [0.15, 0.2) is 11.5 Å². The Kier molecular flexibility index (Phi) is 13.3. The van der Waals surface area contributed by atoms with Crippen LogP contribution >= 0.6 is 0 Å². The minimum Gasteiger partial charge on any atom is -0.480 e. The molecule has 0 radical (unpaired) electrons. The molecule has 1 aromatic carbocycles. The van der Waals surface area contributed by atoms with Crippen molar-refractivity contribution in [3.05, 3.63) is 23.8 Å². The average Bonchev–Trinajstić information content (AvgIpc) is 2.76. The van der Waals surface area contributed by atoms with Crippen LogP contribution in [0.1, 0.15) is 73.8 Å². The van der Waals surface area contributed by atoms with Crippen molar-refractivity contribution in [2.75, 3.05) is 6.54 Å². The van der Waals surface area contributed by atoms with Crippen molar-refractivity contribution < 1.29 is 38.5 Å². The number of ether oxygens (including phenoxy) is 3. The van der Waals surface area contributed by atoms with E-state index in [2.05, 4.69) is 5.32 Å². The first-order valence-electron chi connectivity index (χ1n) is 12.9. The Labute approximate surface area is 220 Å². The van der Waals surface area contributed by atoms with Gasteiger partial charge in [-0.1, -0.05) is 54.5 Å². The molecule has 0 aliphatic rings. The predicted molar refractivity (Wildman–Crippen MR) is 139 cm³/mol. The second-order valence-electron chi connectivity index (χ2n) is 10.7. The Balaban J connectivity index is 2.99. The molecule has 9 heteroatoms. The highest BCUT2D eigenvalue weighted by atomic mass is 16.6. The fourth-order valence-corrected chi connectivity index (χ4v) is 3.25. The van der Waals surface area contributed by atoms with Crippen LogP contribution in [0.25, 0.3) is 0 Å². The number of aliphatic carboxylic acids is 1. The van der Waals surface area contributed by atoms with E-state index in [9.17, 15) is 24.3 Å². The fourth-order valence-electron chi connectivity index (χ4n) is 3.25. The number of rotatable bonds is 15. The second-order valence-corrected chi connectivity index (χ2v) is 10.7. The zero-order valence-corrected chi connectivity index (χ0v) is 23.3. The van der Waals surface area contributed by atoms with E-state index in [0.717, 1.165) is 0 Å². The zero-order chi connectivity index (χ0) is 28.3. The summed E-state index contributed by atoms with van der Waals surface area (Å²) in [6.07, 6.45) is -0.0847. The quantitative estimate of drug-likeness (QED) is 0.255. The maximum absolute atomic E-state index is 12.3. The van der Waals surface area contributed by atoms with E-state index < -0.39 is 30.1 Å². The largest absolute Gasteiger partial charge is 0.480 e. The zero-order valence-electron chi connectivity index (χ0n) is 23.3. The van der Waals surface area contributed by atoms with Crippen molar-refractivity contribution >= 4 is 23.9 Å². The SMILES string of the molecule is CC(C)CC(=O)Oc1ccc(C[C@H](NCC(C)OC(=O)C(C)C(C)C)C(=O)O)cc1OC(=O)CC(C)C. The molecule has 37 heavy (non-hydrogen) atoms. The maximum Gasteiger partial charge on any atom is 0.321 e. The third-order valence-electron chi connectivity index (χ3n) is 5.68. The number of nitrogens with one attached hydrogen (secondary N) is 1. The number of carbonyl (C=O) groups is 4. The minimum absolute atomic E-state index is 0.0628. The smallest absolute Gasteiger partial charge is 0.321 e. The lowest BCUT2D eigenvalue weighted by molar-refractivity contribution is -0.154. The molecule has 0 spiro atoms. The molecule has 0 saturated carbocycles. The van der Waals surface area contributed by atoms with Crippen molar-refractivity contribution in [3.8, 4) is 11.5 Å². The van der Waals surface area contributed by atoms with Crippen molar-refractivity contribution in [1.82, 2.24) is 5.32 Å². The molecule has 9 nitrogen and oxygen atoms in total. The van der Waals surface area contributed by atoms with E-state index in [4.69, 9.17) is 14.2 Å². The van der Waals surface area contributed by atoms with E-state index >= 15 is 0 Å². The highest BCUT2D eigenvalue weighted by Crippen LogP contribution is 2.30. The highest BCUT2D eigenvalue weighted by molar-refractivity contribution is 5.77. The third-order valence-corrected chi connectivity index (χ3v) is 5.68. The molecule has 0 amide bonds. The van der Waals surface area contributed by atoms with Gasteiger partial charge in [0.2, 0.25) is 0 Å². The summed E-state index contributed by atoms with van der Waals surface area (Å²) in [6.45, 7) is 15.0. The van der Waals surface area contributed by atoms with Crippen molar-refractivity contribution in [3.63, 3.8) is 0 Å². The molecule has 1 rings (SSSR count). The summed E-state index contributed by atoms with van der Waals surface area (Å²) < 4.78 is 16.3. The molecule has 0 aromatic heterocycles. The molecule has 2 N–H and O–H groups in total. The van der Waals surface area contributed by atoms with E-state index in [1.165, 1.54) is 12.1 Å². The molecule has 0 aliphatic heterocycles. The summed E-state index contributed by atoms with van der Waals surface area (Å²) in [5.41, 5.74) is 0.564. The number of esters is 3. The molecule has 2 unspecified atom stereocenters. The van der Waals surface area contributed by atoms with Gasteiger partial charge in [-0.2, -0.15) is 0 Å². The van der Waals surface area contributed by atoms with E-state index in [1.54, 1.807) is 19.9 Å². The Morgan fingerprint density at radius 2 is 1.38 bits per heavy atom. The van der Waals surface area contributed by atoms with Crippen molar-refractivity contribution in [2.45, 2.75) is 86.8 Å². The fraction of sp³-hybridized carbons (Fsp3) is 0.643. The molecule has 0 fully saturated rings. The first-order chi connectivity index (χ1) is 17.2. The molecule has 0 saturated heterocycles. The van der Waals surface area contributed by atoms with E-state index in [1.807, 2.05) is 41.5 Å². The summed E-state index contributed by atoms with van der Waals surface area (Å²) >= 11 is 0. The summed E-state index contributed by atoms with van der Waals surface area (Å²) in [6, 6.07) is 3.66. The lowest BCUT2D eigenvalue weighted by Crippen LogP contribution is -2.43. The van der Waals surface area contributed by atoms with Crippen LogP contribution in [-0.4, -0.2) is 47.7 Å². The van der Waals surface area contributed by atoms with Crippen molar-refractivity contribution in [1.29, 1.82) is 0 Å². The summed E-state index contributed by atoms with van der Waals surface area (Å²) in [4.78, 5) is 48.6. The van der Waals surface area contributed by atoms with Crippen LogP contribution in [0.15, 0.2) is 18.2 Å². The van der Waals surface area contributed by atoms with Gasteiger partial charge in [0, 0.05) is 19.4 Å². The van der Waals surface area contributed by atoms with Gasteiger partial charge >= 0.3 is 23.9 Å². The first kappa shape index (κ1) is 32.1. The Morgan fingerprint density at radius 1 is 0.838 bits per heavy atom. The molecule has 0 heterocycles. The molecule has 1 aromatic rings. The molecule has 208 valence electrons. The van der Waals surface area contributed by atoms with Gasteiger partial charge < -0.3 is 24.6 Å². The topological polar surface area (TPSA) is 128 Å². The second kappa shape index (κ2) is 15.3. The Bertz CT molecular complexity index is 925. The monoisotopic (exact) mass is 521 g/mol. The van der Waals surface area contributed by atoms with E-state index in [0.29, 0.717) is 5.56 Å². The van der Waals surface area contributed by atoms with Gasteiger partial charge in [0.25, 0.3) is 0 Å². The number of benzene rings is 1. The van der Waals surface area contributed by atoms with Crippen LogP contribution in [0.3, 0.4) is 0 Å². The Hall–Kier alpha value is -2.94. The molecular formula is C28H43NO8. The van der Waals surface area contributed by atoms with Crippen LogP contribution < -0.4 is 14.8 Å². The lowest BCUT2D eigenvalue weighted by Gasteiger charge is -2.21. The van der Waals surface area contributed by atoms with Crippen LogP contribution in [0.2, 0.25) is 0 Å². The minimum atomic E-state index is -1.08. The van der Waals surface area contributed by atoms with Gasteiger partial charge in [-0.05, 0) is 48.8 Å². The van der Waals surface area contributed by atoms with Crippen molar-refractivity contribution in [2.24, 2.45) is 23.7 Å². The Morgan fingerprint density at radius 3 is 1.86 bits per heavy atom. The van der Waals surface area contributed by atoms with Crippen LogP contribution in [0.5, 0.6) is 11.5 Å². The number of hydrogen-bond acceptors (Lipinski definition) is 8. The van der Waals surface area contributed by atoms with Gasteiger partial charge in [0.1, 0.15) is 12.1 Å². The molecule has 3 atom stereocenters. The summed E-state index contributed by atoms with van der Waals surface area (Å²) in [7, 11) is 0. The van der Waals surface area contributed by atoms with Crippen LogP contribution in [0, 0.1) is 23.7 Å². The highest BCUT2D eigenvalue weighted by Gasteiger charge is 2.24. The standard InChI is InChI=1S/C28H43NO8/c1-16(2)11-25(30)36-23-10-9-21(14-24(23)37-26(31)12-17(3)4)13-22(27(32)33)29-15-19(7)35-28(34)20(8)18(5)6/h9-10,14,16-20,22,29H,11-13,15H2,1-8H3,(H,32,33)/t19?,20?,22-/m0/s1. The molecular weight excluding hydrogens is 478 g/mol. The first-order valence-corrected chi connectivity index (χ1v) is 12.9. The van der Waals surface area contributed by atoms with Crippen LogP contribution in [-0.2, 0) is 30.3 Å². The number of carbonyl (C=O) groups excluding carboxylic acids is 3. The van der Waals surface area contributed by atoms with Gasteiger partial charge in [-0.15, -0.1) is 0 Å². The average molecular weight is 522 g/mol. The third kappa shape index (κ3) is 12.2. The van der Waals surface area contributed by atoms with Gasteiger partial charge in [0.05, 0.1) is 5.92 Å². The van der Waals surface area contributed by atoms with Gasteiger partial charge in [-0.25, -0.2) is 0 Å². The normalized spacial score (nSPS) is 13.8. The molecule has 0 bridgehead atoms. The number of carboxylic acids is 1. The summed E-state index contributed by atoms with van der Waals surface area (Å²) in [5, 5.41) is 12.7. The van der Waals surface area contributed by atoms with Crippen LogP contribution in [0.4, 0.5) is 0 Å². The number of hydrogen-bond donors (Lipinski definition) is 2. The summed E-state index contributed by atoms with van der Waals surface area (Å²) in [5.74, 6) is -2.14. The predicted octanol–water partition coefficient (Wildman–Crippen LogP) is 4.40. The molecule has 0 aliphatic carbocycles. The van der Waals surface area contributed by atoms with E-state index in [-0.39, 0.29) is 66.9 Å².